The molecule has 1 aromatic heterocycles. The van der Waals surface area contributed by atoms with Crippen LogP contribution >= 0.6 is 0 Å². The Balaban J connectivity index is 1.22. The molecule has 0 unspecified atom stereocenters. The highest BCUT2D eigenvalue weighted by Crippen LogP contribution is 2.26. The lowest BCUT2D eigenvalue weighted by Crippen LogP contribution is -2.33. The van der Waals surface area contributed by atoms with Crippen LogP contribution in [0.25, 0.3) is 0 Å². The molecule has 0 atom stereocenters. The number of para-hydroxylation sites is 1. The van der Waals surface area contributed by atoms with E-state index in [1.165, 1.54) is 29.8 Å². The number of amides is 1. The summed E-state index contributed by atoms with van der Waals surface area (Å²) in [6, 6.07) is 15.0. The summed E-state index contributed by atoms with van der Waals surface area (Å²) >= 11 is 0. The van der Waals surface area contributed by atoms with Crippen LogP contribution < -0.4 is 10.2 Å². The quantitative estimate of drug-likeness (QED) is 0.560. The second kappa shape index (κ2) is 9.75. The van der Waals surface area contributed by atoms with Crippen molar-refractivity contribution in [1.29, 1.82) is 0 Å². The molecule has 0 saturated carbocycles. The van der Waals surface area contributed by atoms with Gasteiger partial charge in [0.25, 0.3) is 5.91 Å². The molecule has 2 aromatic carbocycles. The van der Waals surface area contributed by atoms with E-state index in [1.54, 1.807) is 12.1 Å². The van der Waals surface area contributed by atoms with Gasteiger partial charge >= 0.3 is 0 Å². The summed E-state index contributed by atoms with van der Waals surface area (Å²) in [7, 11) is 0. The van der Waals surface area contributed by atoms with E-state index in [2.05, 4.69) is 39.6 Å². The third-order valence-electron chi connectivity index (χ3n) is 6.45. The summed E-state index contributed by atoms with van der Waals surface area (Å²) in [5.41, 5.74) is 6.01. The molecule has 0 spiro atoms. The number of aryl methyl sites for hydroxylation is 1. The first-order valence-electron chi connectivity index (χ1n) is 11.7. The van der Waals surface area contributed by atoms with Crippen molar-refractivity contribution in [3.63, 3.8) is 0 Å². The minimum atomic E-state index is -0.261. The van der Waals surface area contributed by atoms with Crippen molar-refractivity contribution in [2.75, 3.05) is 31.1 Å². The average molecular weight is 449 g/mol. The fourth-order valence-electron chi connectivity index (χ4n) is 4.78. The summed E-state index contributed by atoms with van der Waals surface area (Å²) in [6.45, 7) is 4.08. The van der Waals surface area contributed by atoms with E-state index in [0.717, 1.165) is 42.8 Å². The van der Waals surface area contributed by atoms with Gasteiger partial charge in [-0.15, -0.1) is 0 Å². The van der Waals surface area contributed by atoms with Crippen LogP contribution in [0.2, 0.25) is 0 Å². The fraction of sp³-hybridized carbons (Fsp3) is 0.385. The number of nitrogens with one attached hydrogen (secondary N) is 1. The summed E-state index contributed by atoms with van der Waals surface area (Å²) < 4.78 is 20.7. The molecule has 0 fully saturated rings. The van der Waals surface area contributed by atoms with Crippen molar-refractivity contribution in [1.82, 2.24) is 15.1 Å². The maximum absolute atomic E-state index is 13.3. The Hall–Kier alpha value is -3.19. The fourth-order valence-corrected chi connectivity index (χ4v) is 4.78. The normalized spacial score (nSPS) is 15.1. The van der Waals surface area contributed by atoms with Gasteiger partial charge in [0.15, 0.2) is 5.69 Å². The average Bonchev–Trinajstić information content (AvgIpc) is 3.22. The van der Waals surface area contributed by atoms with Crippen LogP contribution in [0, 0.1) is 5.82 Å². The number of nitrogens with zero attached hydrogens (tertiary/aromatic N) is 3. The Morgan fingerprint density at radius 1 is 1.12 bits per heavy atom. The molecular formula is C26H29FN4O2. The predicted octanol–water partition coefficient (Wildman–Crippen LogP) is 3.72. The van der Waals surface area contributed by atoms with E-state index in [1.807, 2.05) is 4.68 Å². The Labute approximate surface area is 193 Å². The second-order valence-corrected chi connectivity index (χ2v) is 8.69. The zero-order valence-corrected chi connectivity index (χ0v) is 18.7. The smallest absolute Gasteiger partial charge is 0.272 e. The molecule has 7 heteroatoms. The van der Waals surface area contributed by atoms with Crippen molar-refractivity contribution in [2.24, 2.45) is 0 Å². The minimum absolute atomic E-state index is 0.159. The van der Waals surface area contributed by atoms with E-state index in [-0.39, 0.29) is 11.7 Å². The number of anilines is 1. The second-order valence-electron chi connectivity index (χ2n) is 8.69. The van der Waals surface area contributed by atoms with Gasteiger partial charge in [0.2, 0.25) is 0 Å². The Morgan fingerprint density at radius 2 is 1.97 bits per heavy atom. The lowest BCUT2D eigenvalue weighted by Gasteiger charge is -2.31. The van der Waals surface area contributed by atoms with E-state index >= 15 is 0 Å². The van der Waals surface area contributed by atoms with Crippen molar-refractivity contribution >= 4 is 11.6 Å². The molecule has 3 aromatic rings. The molecule has 0 radical (unpaired) electrons. The zero-order valence-electron chi connectivity index (χ0n) is 18.7. The largest absolute Gasteiger partial charge is 0.376 e. The molecule has 0 saturated heterocycles. The number of aromatic nitrogens is 2. The van der Waals surface area contributed by atoms with Gasteiger partial charge < -0.3 is 15.0 Å². The van der Waals surface area contributed by atoms with Crippen LogP contribution in [0.5, 0.6) is 0 Å². The minimum Gasteiger partial charge on any atom is -0.376 e. The highest BCUT2D eigenvalue weighted by molar-refractivity contribution is 5.94. The Kier molecular flexibility index (Phi) is 6.39. The molecule has 172 valence electrons. The lowest BCUT2D eigenvalue weighted by molar-refractivity contribution is 0.0925. The first-order chi connectivity index (χ1) is 16.2. The van der Waals surface area contributed by atoms with Crippen LogP contribution in [0.15, 0.2) is 48.5 Å². The molecule has 6 nitrogen and oxygen atoms in total. The first kappa shape index (κ1) is 21.6. The zero-order chi connectivity index (χ0) is 22.6. The number of ether oxygens (including phenoxy) is 1. The van der Waals surface area contributed by atoms with Crippen LogP contribution in [0.3, 0.4) is 0 Å². The van der Waals surface area contributed by atoms with E-state index in [4.69, 9.17) is 4.74 Å². The number of benzene rings is 2. The van der Waals surface area contributed by atoms with Gasteiger partial charge in [-0.05, 0) is 48.6 Å². The number of hydrogen-bond acceptors (Lipinski definition) is 4. The van der Waals surface area contributed by atoms with Crippen molar-refractivity contribution in [2.45, 2.75) is 38.8 Å². The van der Waals surface area contributed by atoms with Gasteiger partial charge in [0.05, 0.1) is 19.8 Å². The number of rotatable bonds is 7. The van der Waals surface area contributed by atoms with E-state index < -0.39 is 0 Å². The molecule has 0 bridgehead atoms. The van der Waals surface area contributed by atoms with Crippen LogP contribution in [-0.4, -0.2) is 41.9 Å². The van der Waals surface area contributed by atoms with Crippen LogP contribution in [0.1, 0.15) is 45.7 Å². The van der Waals surface area contributed by atoms with Gasteiger partial charge in [-0.25, -0.2) is 4.39 Å². The summed E-state index contributed by atoms with van der Waals surface area (Å²) in [6.07, 6.45) is 3.89. The molecule has 3 heterocycles. The molecule has 2 aliphatic rings. The van der Waals surface area contributed by atoms with Gasteiger partial charge in [-0.1, -0.05) is 30.3 Å². The van der Waals surface area contributed by atoms with Crippen molar-refractivity contribution < 1.29 is 13.9 Å². The molecule has 2 aliphatic heterocycles. The predicted molar refractivity (Wildman–Crippen MR) is 125 cm³/mol. The number of fused-ring (bicyclic) bond motifs is 2. The molecule has 1 amide bonds. The summed E-state index contributed by atoms with van der Waals surface area (Å²) in [4.78, 5) is 15.4. The summed E-state index contributed by atoms with van der Waals surface area (Å²) in [5.74, 6) is -0.420. The van der Waals surface area contributed by atoms with Crippen LogP contribution in [0.4, 0.5) is 10.1 Å². The third-order valence-corrected chi connectivity index (χ3v) is 6.45. The maximum Gasteiger partial charge on any atom is 0.272 e. The van der Waals surface area contributed by atoms with Gasteiger partial charge in [-0.3, -0.25) is 9.48 Å². The number of hydrogen-bond donors (Lipinski definition) is 1. The number of carbonyl (C=O) groups is 1. The standard InChI is InChI=1S/C26H29FN4O2/c27-21-10-8-19(9-11-21)17-31-24-12-16-33-18-22(24)25(29-31)26(32)28-13-4-15-30-14-3-6-20-5-1-2-7-23(20)30/h1-2,5,7-11H,3-4,6,12-18H2,(H,28,32). The third kappa shape index (κ3) is 4.78. The number of halogens is 1. The Morgan fingerprint density at radius 3 is 2.85 bits per heavy atom. The maximum atomic E-state index is 13.3. The van der Waals surface area contributed by atoms with Crippen molar-refractivity contribution in [3.05, 3.63) is 82.4 Å². The van der Waals surface area contributed by atoms with E-state index in [9.17, 15) is 9.18 Å². The highest BCUT2D eigenvalue weighted by Gasteiger charge is 2.25. The van der Waals surface area contributed by atoms with Gasteiger partial charge in [0.1, 0.15) is 5.82 Å². The molecule has 1 N–H and O–H groups in total. The topological polar surface area (TPSA) is 59.4 Å². The van der Waals surface area contributed by atoms with Crippen molar-refractivity contribution in [3.8, 4) is 0 Å². The molecular weight excluding hydrogens is 419 g/mol. The first-order valence-corrected chi connectivity index (χ1v) is 11.7. The van der Waals surface area contributed by atoms with E-state index in [0.29, 0.717) is 38.4 Å². The molecule has 5 rings (SSSR count). The SMILES string of the molecule is O=C(NCCCN1CCCc2ccccc21)c1nn(Cc2ccc(F)cc2)c2c1COCC2. The highest BCUT2D eigenvalue weighted by atomic mass is 19.1. The van der Waals surface area contributed by atoms with Gasteiger partial charge in [-0.2, -0.15) is 5.10 Å². The molecule has 0 aliphatic carbocycles. The Bertz CT molecular complexity index is 1130. The summed E-state index contributed by atoms with van der Waals surface area (Å²) in [5, 5.41) is 7.68. The number of carbonyl (C=O) groups excluding carboxylic acids is 1. The molecule has 33 heavy (non-hydrogen) atoms. The van der Waals surface area contributed by atoms with Gasteiger partial charge in [0, 0.05) is 43.0 Å². The van der Waals surface area contributed by atoms with Crippen LogP contribution in [-0.2, 0) is 30.7 Å². The lowest BCUT2D eigenvalue weighted by atomic mass is 10.0. The monoisotopic (exact) mass is 448 g/mol.